The Morgan fingerprint density at radius 2 is 2.54 bits per heavy atom. The molecule has 0 aromatic carbocycles. The molecule has 2 rings (SSSR count). The number of fused-ring (bicyclic) bond motifs is 1. The molecule has 1 aromatic heterocycles. The van der Waals surface area contributed by atoms with Gasteiger partial charge in [0.05, 0.1) is 11.9 Å². The fraction of sp³-hybridized carbons (Fsp3) is 0.375. The standard InChI is InChI=1S/C8H10N4O/c1-6(13)12-5-4-9-7-2-3-10-11-8(7)12/h2-3,9H,4-5H2,1H3. The van der Waals surface area contributed by atoms with Gasteiger partial charge in [0.1, 0.15) is 0 Å². The third kappa shape index (κ3) is 1.32. The van der Waals surface area contributed by atoms with Crippen molar-refractivity contribution in [2.45, 2.75) is 6.92 Å². The van der Waals surface area contributed by atoms with Crippen LogP contribution >= 0.6 is 0 Å². The number of nitrogens with zero attached hydrogens (tertiary/aromatic N) is 3. The molecule has 1 amide bonds. The second-order valence-corrected chi connectivity index (χ2v) is 2.87. The molecular weight excluding hydrogens is 168 g/mol. The number of amides is 1. The summed E-state index contributed by atoms with van der Waals surface area (Å²) in [5, 5.41) is 10.8. The van der Waals surface area contributed by atoms with Gasteiger partial charge in [-0.1, -0.05) is 0 Å². The molecule has 5 nitrogen and oxygen atoms in total. The second-order valence-electron chi connectivity index (χ2n) is 2.87. The van der Waals surface area contributed by atoms with E-state index in [0.717, 1.165) is 12.2 Å². The first-order chi connectivity index (χ1) is 6.29. The van der Waals surface area contributed by atoms with Crippen LogP contribution in [0.2, 0.25) is 0 Å². The number of nitrogens with one attached hydrogen (secondary N) is 1. The van der Waals surface area contributed by atoms with Crippen molar-refractivity contribution in [3.05, 3.63) is 12.3 Å². The van der Waals surface area contributed by atoms with Crippen molar-refractivity contribution in [3.63, 3.8) is 0 Å². The molecule has 2 heterocycles. The Kier molecular flexibility index (Phi) is 1.84. The predicted octanol–water partition coefficient (Wildman–Crippen LogP) is 0.255. The third-order valence-corrected chi connectivity index (χ3v) is 1.99. The summed E-state index contributed by atoms with van der Waals surface area (Å²) in [4.78, 5) is 12.8. The van der Waals surface area contributed by atoms with Crippen molar-refractivity contribution < 1.29 is 4.79 Å². The number of rotatable bonds is 0. The predicted molar refractivity (Wildman–Crippen MR) is 48.5 cm³/mol. The Morgan fingerprint density at radius 1 is 1.69 bits per heavy atom. The lowest BCUT2D eigenvalue weighted by Crippen LogP contribution is -2.38. The molecule has 1 N–H and O–H groups in total. The van der Waals surface area contributed by atoms with Crippen LogP contribution in [0.15, 0.2) is 12.3 Å². The summed E-state index contributed by atoms with van der Waals surface area (Å²) in [6.45, 7) is 2.95. The number of hydrogen-bond donors (Lipinski definition) is 1. The summed E-state index contributed by atoms with van der Waals surface area (Å²) >= 11 is 0. The number of anilines is 2. The van der Waals surface area contributed by atoms with Gasteiger partial charge in [0.2, 0.25) is 5.91 Å². The van der Waals surface area contributed by atoms with Gasteiger partial charge in [0, 0.05) is 20.0 Å². The molecular formula is C8H10N4O. The fourth-order valence-corrected chi connectivity index (χ4v) is 1.38. The minimum absolute atomic E-state index is 0.00301. The van der Waals surface area contributed by atoms with Gasteiger partial charge in [0.25, 0.3) is 0 Å². The average Bonchev–Trinajstić information content (AvgIpc) is 2.17. The lowest BCUT2D eigenvalue weighted by atomic mass is 10.3. The van der Waals surface area contributed by atoms with Crippen LogP contribution in [0.3, 0.4) is 0 Å². The summed E-state index contributed by atoms with van der Waals surface area (Å²) in [7, 11) is 0. The average molecular weight is 178 g/mol. The molecule has 0 aliphatic carbocycles. The third-order valence-electron chi connectivity index (χ3n) is 1.99. The number of aromatic nitrogens is 2. The maximum atomic E-state index is 11.2. The summed E-state index contributed by atoms with van der Waals surface area (Å²) in [6.07, 6.45) is 1.61. The van der Waals surface area contributed by atoms with Crippen LogP contribution in [0.1, 0.15) is 6.92 Å². The van der Waals surface area contributed by atoms with Crippen LogP contribution in [-0.2, 0) is 4.79 Å². The van der Waals surface area contributed by atoms with E-state index in [1.165, 1.54) is 6.92 Å². The summed E-state index contributed by atoms with van der Waals surface area (Å²) in [6, 6.07) is 1.82. The van der Waals surface area contributed by atoms with Gasteiger partial charge >= 0.3 is 0 Å². The molecule has 0 unspecified atom stereocenters. The molecule has 13 heavy (non-hydrogen) atoms. The zero-order valence-corrected chi connectivity index (χ0v) is 7.32. The number of carbonyl (C=O) groups excluding carboxylic acids is 1. The van der Waals surface area contributed by atoms with Crippen molar-refractivity contribution in [1.82, 2.24) is 10.2 Å². The lowest BCUT2D eigenvalue weighted by Gasteiger charge is -2.27. The highest BCUT2D eigenvalue weighted by Crippen LogP contribution is 2.24. The van der Waals surface area contributed by atoms with Crippen molar-refractivity contribution in [2.75, 3.05) is 23.3 Å². The molecule has 1 aliphatic heterocycles. The van der Waals surface area contributed by atoms with Crippen molar-refractivity contribution in [3.8, 4) is 0 Å². The highest BCUT2D eigenvalue weighted by molar-refractivity contribution is 5.94. The highest BCUT2D eigenvalue weighted by Gasteiger charge is 2.20. The van der Waals surface area contributed by atoms with Crippen molar-refractivity contribution in [2.24, 2.45) is 0 Å². The fourth-order valence-electron chi connectivity index (χ4n) is 1.38. The van der Waals surface area contributed by atoms with Gasteiger partial charge < -0.3 is 5.32 Å². The molecule has 1 aliphatic rings. The summed E-state index contributed by atoms with van der Waals surface area (Å²) in [5.74, 6) is 0.629. The van der Waals surface area contributed by atoms with Gasteiger partial charge in [-0.15, -0.1) is 5.10 Å². The molecule has 68 valence electrons. The van der Waals surface area contributed by atoms with Crippen LogP contribution < -0.4 is 10.2 Å². The largest absolute Gasteiger partial charge is 0.380 e. The van der Waals surface area contributed by atoms with Crippen molar-refractivity contribution >= 4 is 17.4 Å². The zero-order valence-electron chi connectivity index (χ0n) is 7.32. The first-order valence-electron chi connectivity index (χ1n) is 4.12. The van der Waals surface area contributed by atoms with E-state index in [9.17, 15) is 4.79 Å². The molecule has 1 aromatic rings. The lowest BCUT2D eigenvalue weighted by molar-refractivity contribution is -0.116. The van der Waals surface area contributed by atoms with Gasteiger partial charge in [0.15, 0.2) is 5.82 Å². The minimum atomic E-state index is 0.00301. The van der Waals surface area contributed by atoms with Gasteiger partial charge in [-0.2, -0.15) is 5.10 Å². The normalized spacial score (nSPS) is 14.7. The first kappa shape index (κ1) is 7.97. The maximum Gasteiger partial charge on any atom is 0.225 e. The Balaban J connectivity index is 2.42. The second kappa shape index (κ2) is 3.01. The van der Waals surface area contributed by atoms with E-state index in [2.05, 4.69) is 15.5 Å². The SMILES string of the molecule is CC(=O)N1CCNc2ccnnc21. The molecule has 0 saturated heterocycles. The highest BCUT2D eigenvalue weighted by atomic mass is 16.2. The minimum Gasteiger partial charge on any atom is -0.380 e. The summed E-state index contributed by atoms with van der Waals surface area (Å²) < 4.78 is 0. The van der Waals surface area contributed by atoms with E-state index in [0.29, 0.717) is 12.4 Å². The smallest absolute Gasteiger partial charge is 0.225 e. The summed E-state index contributed by atoms with van der Waals surface area (Å²) in [5.41, 5.74) is 0.872. The van der Waals surface area contributed by atoms with Crippen LogP contribution in [0.4, 0.5) is 11.5 Å². The Bertz CT molecular complexity index is 339. The van der Waals surface area contributed by atoms with Crippen LogP contribution in [0.5, 0.6) is 0 Å². The Morgan fingerprint density at radius 3 is 3.31 bits per heavy atom. The zero-order chi connectivity index (χ0) is 9.26. The number of hydrogen-bond acceptors (Lipinski definition) is 4. The quantitative estimate of drug-likeness (QED) is 0.619. The van der Waals surface area contributed by atoms with Gasteiger partial charge in [-0.3, -0.25) is 9.69 Å². The monoisotopic (exact) mass is 178 g/mol. The van der Waals surface area contributed by atoms with E-state index in [-0.39, 0.29) is 5.91 Å². The molecule has 5 heteroatoms. The Labute approximate surface area is 75.8 Å². The number of carbonyl (C=O) groups is 1. The van der Waals surface area contributed by atoms with Gasteiger partial charge in [-0.25, -0.2) is 0 Å². The molecule has 0 bridgehead atoms. The first-order valence-corrected chi connectivity index (χ1v) is 4.12. The van der Waals surface area contributed by atoms with Crippen LogP contribution in [0, 0.1) is 0 Å². The Hall–Kier alpha value is -1.65. The molecule has 0 saturated carbocycles. The van der Waals surface area contributed by atoms with Crippen molar-refractivity contribution in [1.29, 1.82) is 0 Å². The molecule has 0 spiro atoms. The van der Waals surface area contributed by atoms with E-state index in [4.69, 9.17) is 0 Å². The van der Waals surface area contributed by atoms with E-state index >= 15 is 0 Å². The molecule has 0 fully saturated rings. The van der Waals surface area contributed by atoms with E-state index < -0.39 is 0 Å². The van der Waals surface area contributed by atoms with Crippen LogP contribution in [-0.4, -0.2) is 29.2 Å². The molecule has 0 atom stereocenters. The van der Waals surface area contributed by atoms with E-state index in [1.54, 1.807) is 11.1 Å². The van der Waals surface area contributed by atoms with Gasteiger partial charge in [-0.05, 0) is 6.07 Å². The van der Waals surface area contributed by atoms with E-state index in [1.807, 2.05) is 6.07 Å². The van der Waals surface area contributed by atoms with Crippen LogP contribution in [0.25, 0.3) is 0 Å². The topological polar surface area (TPSA) is 58.1 Å². The molecule has 0 radical (unpaired) electrons. The maximum absolute atomic E-state index is 11.2.